The Balaban J connectivity index is 2.14. The first kappa shape index (κ1) is 14.4. The average molecular weight is 385 g/mol. The number of nitrogens with two attached hydrogens (primary N) is 1. The minimum absolute atomic E-state index is 0.472. The molecule has 0 radical (unpaired) electrons. The van der Waals surface area contributed by atoms with E-state index in [9.17, 15) is 0 Å². The number of ether oxygens (including phenoxy) is 1. The lowest BCUT2D eigenvalue weighted by Gasteiger charge is -2.11. The van der Waals surface area contributed by atoms with Crippen LogP contribution in [0.1, 0.15) is 16.7 Å². The number of rotatable bonds is 3. The van der Waals surface area contributed by atoms with Crippen molar-refractivity contribution in [1.82, 2.24) is 0 Å². The topological polar surface area (TPSA) is 35.2 Å². The highest BCUT2D eigenvalue weighted by atomic mass is 79.9. The van der Waals surface area contributed by atoms with Gasteiger partial charge in [0.25, 0.3) is 0 Å². The molecular formula is C15H15Br2NO. The van der Waals surface area contributed by atoms with E-state index in [4.69, 9.17) is 10.5 Å². The van der Waals surface area contributed by atoms with E-state index in [2.05, 4.69) is 45.7 Å². The minimum atomic E-state index is 0.472. The van der Waals surface area contributed by atoms with Gasteiger partial charge in [-0.25, -0.2) is 0 Å². The normalized spacial score (nSPS) is 10.5. The number of aryl methyl sites for hydroxylation is 2. The molecule has 0 spiro atoms. The number of nitrogen functional groups attached to an aromatic ring is 1. The molecular weight excluding hydrogens is 370 g/mol. The summed E-state index contributed by atoms with van der Waals surface area (Å²) in [7, 11) is 0. The van der Waals surface area contributed by atoms with Crippen molar-refractivity contribution >= 4 is 37.5 Å². The van der Waals surface area contributed by atoms with Gasteiger partial charge in [-0.15, -0.1) is 0 Å². The van der Waals surface area contributed by atoms with E-state index in [0.717, 1.165) is 25.9 Å². The maximum absolute atomic E-state index is 5.95. The van der Waals surface area contributed by atoms with Crippen LogP contribution in [-0.4, -0.2) is 0 Å². The SMILES string of the molecule is Cc1cc(OCc2ccc(Br)cc2N)cc(C)c1Br. The molecule has 0 saturated heterocycles. The molecule has 0 heterocycles. The van der Waals surface area contributed by atoms with Gasteiger partial charge in [-0.1, -0.05) is 37.9 Å². The lowest BCUT2D eigenvalue weighted by Crippen LogP contribution is -2.00. The molecule has 0 bridgehead atoms. The molecule has 19 heavy (non-hydrogen) atoms. The number of hydrogen-bond acceptors (Lipinski definition) is 2. The van der Waals surface area contributed by atoms with Crippen molar-refractivity contribution in [3.05, 3.63) is 56.0 Å². The zero-order valence-corrected chi connectivity index (χ0v) is 14.0. The Labute approximate surface area is 130 Å². The first-order valence-corrected chi connectivity index (χ1v) is 7.49. The smallest absolute Gasteiger partial charge is 0.120 e. The Hall–Kier alpha value is -1.00. The highest BCUT2D eigenvalue weighted by Gasteiger charge is 2.05. The molecule has 2 nitrogen and oxygen atoms in total. The third-order valence-corrected chi connectivity index (χ3v) is 4.66. The third kappa shape index (κ3) is 3.51. The third-order valence-electron chi connectivity index (χ3n) is 2.91. The van der Waals surface area contributed by atoms with E-state index in [-0.39, 0.29) is 0 Å². The Morgan fingerprint density at radius 3 is 2.26 bits per heavy atom. The zero-order chi connectivity index (χ0) is 14.0. The Morgan fingerprint density at radius 2 is 1.68 bits per heavy atom. The molecule has 0 aliphatic carbocycles. The summed E-state index contributed by atoms with van der Waals surface area (Å²) in [5.74, 6) is 0.862. The standard InChI is InChI=1S/C15H15Br2NO/c1-9-5-13(6-10(2)15(9)17)19-8-11-3-4-12(16)7-14(11)18/h3-7H,8,18H2,1-2H3. The summed E-state index contributed by atoms with van der Waals surface area (Å²) >= 11 is 6.94. The molecule has 0 saturated carbocycles. The van der Waals surface area contributed by atoms with Crippen molar-refractivity contribution in [3.8, 4) is 5.75 Å². The van der Waals surface area contributed by atoms with Gasteiger partial charge < -0.3 is 10.5 Å². The van der Waals surface area contributed by atoms with Gasteiger partial charge >= 0.3 is 0 Å². The van der Waals surface area contributed by atoms with E-state index in [1.165, 1.54) is 11.1 Å². The summed E-state index contributed by atoms with van der Waals surface area (Å²) in [5, 5.41) is 0. The van der Waals surface area contributed by atoms with E-state index in [0.29, 0.717) is 6.61 Å². The molecule has 0 fully saturated rings. The maximum Gasteiger partial charge on any atom is 0.120 e. The van der Waals surface area contributed by atoms with Crippen LogP contribution in [-0.2, 0) is 6.61 Å². The van der Waals surface area contributed by atoms with Crippen molar-refractivity contribution in [1.29, 1.82) is 0 Å². The van der Waals surface area contributed by atoms with Gasteiger partial charge in [-0.05, 0) is 49.2 Å². The van der Waals surface area contributed by atoms with Crippen molar-refractivity contribution in [3.63, 3.8) is 0 Å². The van der Waals surface area contributed by atoms with E-state index < -0.39 is 0 Å². The summed E-state index contributed by atoms with van der Waals surface area (Å²) < 4.78 is 7.92. The fourth-order valence-corrected chi connectivity index (χ4v) is 2.46. The predicted octanol–water partition coefficient (Wildman–Crippen LogP) is 4.99. The molecule has 0 unspecified atom stereocenters. The van der Waals surface area contributed by atoms with Gasteiger partial charge in [0, 0.05) is 20.2 Å². The summed E-state index contributed by atoms with van der Waals surface area (Å²) in [4.78, 5) is 0. The Kier molecular flexibility index (Phi) is 4.53. The van der Waals surface area contributed by atoms with Gasteiger partial charge in [0.1, 0.15) is 12.4 Å². The van der Waals surface area contributed by atoms with Gasteiger partial charge in [-0.2, -0.15) is 0 Å². The first-order chi connectivity index (χ1) is 8.97. The number of anilines is 1. The fourth-order valence-electron chi connectivity index (χ4n) is 1.85. The van der Waals surface area contributed by atoms with Crippen molar-refractivity contribution in [2.24, 2.45) is 0 Å². The van der Waals surface area contributed by atoms with E-state index >= 15 is 0 Å². The molecule has 0 aliphatic heterocycles. The summed E-state index contributed by atoms with van der Waals surface area (Å²) in [6.45, 7) is 4.58. The highest BCUT2D eigenvalue weighted by molar-refractivity contribution is 9.10. The fraction of sp³-hybridized carbons (Fsp3) is 0.200. The number of halogens is 2. The molecule has 2 rings (SSSR count). The van der Waals surface area contributed by atoms with Crippen LogP contribution < -0.4 is 10.5 Å². The van der Waals surface area contributed by atoms with Crippen LogP contribution >= 0.6 is 31.9 Å². The Bertz CT molecular complexity index is 588. The second kappa shape index (κ2) is 5.97. The second-order valence-corrected chi connectivity index (χ2v) is 6.21. The molecule has 4 heteroatoms. The van der Waals surface area contributed by atoms with Crippen LogP contribution in [0.25, 0.3) is 0 Å². The molecule has 0 atom stereocenters. The van der Waals surface area contributed by atoms with Crippen LogP contribution in [0.5, 0.6) is 5.75 Å². The largest absolute Gasteiger partial charge is 0.489 e. The quantitative estimate of drug-likeness (QED) is 0.756. The number of hydrogen-bond donors (Lipinski definition) is 1. The first-order valence-electron chi connectivity index (χ1n) is 5.91. The zero-order valence-electron chi connectivity index (χ0n) is 10.8. The van der Waals surface area contributed by atoms with Gasteiger partial charge in [-0.3, -0.25) is 0 Å². The summed E-state index contributed by atoms with van der Waals surface area (Å²) in [6.07, 6.45) is 0. The van der Waals surface area contributed by atoms with Gasteiger partial charge in [0.15, 0.2) is 0 Å². The van der Waals surface area contributed by atoms with E-state index in [1.807, 2.05) is 30.3 Å². The molecule has 2 aromatic rings. The Morgan fingerprint density at radius 1 is 1.05 bits per heavy atom. The van der Waals surface area contributed by atoms with Gasteiger partial charge in [0.05, 0.1) is 0 Å². The lowest BCUT2D eigenvalue weighted by atomic mass is 10.1. The van der Waals surface area contributed by atoms with Crippen LogP contribution in [0.4, 0.5) is 5.69 Å². The maximum atomic E-state index is 5.95. The minimum Gasteiger partial charge on any atom is -0.489 e. The van der Waals surface area contributed by atoms with Crippen LogP contribution in [0, 0.1) is 13.8 Å². The highest BCUT2D eigenvalue weighted by Crippen LogP contribution is 2.27. The van der Waals surface area contributed by atoms with Gasteiger partial charge in [0.2, 0.25) is 0 Å². The molecule has 0 aliphatic rings. The van der Waals surface area contributed by atoms with Crippen LogP contribution in [0.15, 0.2) is 39.3 Å². The lowest BCUT2D eigenvalue weighted by molar-refractivity contribution is 0.306. The average Bonchev–Trinajstić information content (AvgIpc) is 2.34. The van der Waals surface area contributed by atoms with Crippen LogP contribution in [0.3, 0.4) is 0 Å². The molecule has 0 aromatic heterocycles. The van der Waals surface area contributed by atoms with Crippen LogP contribution in [0.2, 0.25) is 0 Å². The molecule has 2 aromatic carbocycles. The van der Waals surface area contributed by atoms with Crippen molar-refractivity contribution in [2.75, 3.05) is 5.73 Å². The van der Waals surface area contributed by atoms with E-state index in [1.54, 1.807) is 0 Å². The molecule has 0 amide bonds. The monoisotopic (exact) mass is 383 g/mol. The molecule has 100 valence electrons. The van der Waals surface area contributed by atoms with Crippen molar-refractivity contribution < 1.29 is 4.74 Å². The predicted molar refractivity (Wildman–Crippen MR) is 86.5 cm³/mol. The summed E-state index contributed by atoms with van der Waals surface area (Å²) in [5.41, 5.74) is 10.0. The summed E-state index contributed by atoms with van der Waals surface area (Å²) in [6, 6.07) is 9.86. The molecule has 2 N–H and O–H groups in total. The second-order valence-electron chi connectivity index (χ2n) is 4.50. The number of benzene rings is 2. The van der Waals surface area contributed by atoms with Crippen molar-refractivity contribution in [2.45, 2.75) is 20.5 Å².